The summed E-state index contributed by atoms with van der Waals surface area (Å²) in [4.78, 5) is 28.8. The maximum absolute atomic E-state index is 13.1. The Hall–Kier alpha value is -3.49. The second-order valence-electron chi connectivity index (χ2n) is 5.74. The number of hydrogen-bond donors (Lipinski definition) is 1. The Balaban J connectivity index is 1.73. The number of hydrogen-bond acceptors (Lipinski definition) is 6. The Labute approximate surface area is 153 Å². The standard InChI is InChI=1S/C18H17FN4O4/c1-3-15(17(24)21-16-8-11(2)27-22-16)26-18(25)14-9-20-10-23(14)13-6-4-12(19)5-7-13/h4-10,15H,3H2,1-2H3,(H,21,22,24)/t15-/m1/s1. The summed E-state index contributed by atoms with van der Waals surface area (Å²) in [6, 6.07) is 7.10. The molecule has 9 heteroatoms. The van der Waals surface area contributed by atoms with Crippen LogP contribution in [-0.4, -0.2) is 32.7 Å². The predicted octanol–water partition coefficient (Wildman–Crippen LogP) is 2.88. The van der Waals surface area contributed by atoms with Crippen LogP contribution in [0.1, 0.15) is 29.6 Å². The van der Waals surface area contributed by atoms with Gasteiger partial charge in [-0.1, -0.05) is 12.1 Å². The Morgan fingerprint density at radius 3 is 2.70 bits per heavy atom. The van der Waals surface area contributed by atoms with Gasteiger partial charge in [0, 0.05) is 11.8 Å². The third-order valence-electron chi connectivity index (χ3n) is 3.74. The molecule has 0 spiro atoms. The number of halogens is 1. The van der Waals surface area contributed by atoms with Gasteiger partial charge in [0.15, 0.2) is 17.6 Å². The number of aryl methyl sites for hydroxylation is 1. The molecule has 0 saturated heterocycles. The molecule has 2 aromatic heterocycles. The van der Waals surface area contributed by atoms with E-state index in [1.54, 1.807) is 19.9 Å². The van der Waals surface area contributed by atoms with Crippen LogP contribution >= 0.6 is 0 Å². The van der Waals surface area contributed by atoms with Gasteiger partial charge in [-0.25, -0.2) is 14.2 Å². The lowest BCUT2D eigenvalue weighted by molar-refractivity contribution is -0.124. The lowest BCUT2D eigenvalue weighted by Crippen LogP contribution is -2.32. The quantitative estimate of drug-likeness (QED) is 0.668. The number of anilines is 1. The lowest BCUT2D eigenvalue weighted by atomic mass is 10.2. The normalized spacial score (nSPS) is 11.8. The van der Waals surface area contributed by atoms with Gasteiger partial charge >= 0.3 is 5.97 Å². The summed E-state index contributed by atoms with van der Waals surface area (Å²) < 4.78 is 24.8. The highest BCUT2D eigenvalue weighted by Gasteiger charge is 2.25. The minimum Gasteiger partial charge on any atom is -0.448 e. The molecule has 0 saturated carbocycles. The van der Waals surface area contributed by atoms with Gasteiger partial charge in [-0.05, 0) is 37.6 Å². The van der Waals surface area contributed by atoms with Gasteiger partial charge in [-0.3, -0.25) is 9.36 Å². The molecule has 0 radical (unpaired) electrons. The highest BCUT2D eigenvalue weighted by molar-refractivity contribution is 5.96. The predicted molar refractivity (Wildman–Crippen MR) is 92.9 cm³/mol. The van der Waals surface area contributed by atoms with Gasteiger partial charge in [0.05, 0.1) is 12.5 Å². The Morgan fingerprint density at radius 1 is 1.33 bits per heavy atom. The molecular formula is C18H17FN4O4. The maximum atomic E-state index is 13.1. The van der Waals surface area contributed by atoms with Crippen molar-refractivity contribution in [2.75, 3.05) is 5.32 Å². The number of aromatic nitrogens is 3. The van der Waals surface area contributed by atoms with Crippen molar-refractivity contribution >= 4 is 17.7 Å². The number of esters is 1. The van der Waals surface area contributed by atoms with E-state index in [-0.39, 0.29) is 17.9 Å². The first-order valence-corrected chi connectivity index (χ1v) is 8.21. The Morgan fingerprint density at radius 2 is 2.07 bits per heavy atom. The number of nitrogens with one attached hydrogen (secondary N) is 1. The van der Waals surface area contributed by atoms with E-state index >= 15 is 0 Å². The van der Waals surface area contributed by atoms with E-state index in [2.05, 4.69) is 15.5 Å². The average Bonchev–Trinajstić information content (AvgIpc) is 3.29. The molecule has 3 rings (SSSR count). The third-order valence-corrected chi connectivity index (χ3v) is 3.74. The molecule has 1 amide bonds. The van der Waals surface area contributed by atoms with Crippen LogP contribution in [0.15, 0.2) is 47.4 Å². The number of amides is 1. The molecule has 0 aliphatic heterocycles. The van der Waals surface area contributed by atoms with Gasteiger partial charge < -0.3 is 14.6 Å². The Kier molecular flexibility index (Phi) is 5.30. The highest BCUT2D eigenvalue weighted by atomic mass is 19.1. The molecule has 0 unspecified atom stereocenters. The SMILES string of the molecule is CC[C@@H](OC(=O)c1cncn1-c1ccc(F)cc1)C(=O)Nc1cc(C)on1. The van der Waals surface area contributed by atoms with Crippen LogP contribution in [0.5, 0.6) is 0 Å². The van der Waals surface area contributed by atoms with Crippen LogP contribution in [0, 0.1) is 12.7 Å². The molecule has 140 valence electrons. The number of imidazole rings is 1. The van der Waals surface area contributed by atoms with Crippen molar-refractivity contribution in [2.24, 2.45) is 0 Å². The fourth-order valence-electron chi connectivity index (χ4n) is 2.40. The summed E-state index contributed by atoms with van der Waals surface area (Å²) in [6.07, 6.45) is 1.96. The minimum absolute atomic E-state index is 0.116. The monoisotopic (exact) mass is 372 g/mol. The van der Waals surface area contributed by atoms with Crippen LogP contribution in [0.25, 0.3) is 5.69 Å². The van der Waals surface area contributed by atoms with E-state index in [1.807, 2.05) is 0 Å². The number of carbonyl (C=O) groups is 2. The molecule has 3 aromatic rings. The molecule has 8 nitrogen and oxygen atoms in total. The van der Waals surface area contributed by atoms with Crippen LogP contribution in [0.2, 0.25) is 0 Å². The fraction of sp³-hybridized carbons (Fsp3) is 0.222. The van der Waals surface area contributed by atoms with E-state index in [9.17, 15) is 14.0 Å². The van der Waals surface area contributed by atoms with Gasteiger partial charge in [-0.15, -0.1) is 0 Å². The first kappa shape index (κ1) is 18.3. The number of ether oxygens (including phenoxy) is 1. The molecule has 2 heterocycles. The third kappa shape index (κ3) is 4.20. The van der Waals surface area contributed by atoms with Gasteiger partial charge in [0.2, 0.25) is 0 Å². The van der Waals surface area contributed by atoms with E-state index < -0.39 is 23.8 Å². The number of rotatable bonds is 6. The molecule has 27 heavy (non-hydrogen) atoms. The maximum Gasteiger partial charge on any atom is 0.357 e. The zero-order valence-corrected chi connectivity index (χ0v) is 14.7. The van der Waals surface area contributed by atoms with Gasteiger partial charge in [0.1, 0.15) is 11.6 Å². The van der Waals surface area contributed by atoms with Crippen LogP contribution in [-0.2, 0) is 9.53 Å². The smallest absolute Gasteiger partial charge is 0.357 e. The summed E-state index contributed by atoms with van der Waals surface area (Å²) in [5.74, 6) is -0.863. The number of nitrogens with zero attached hydrogens (tertiary/aromatic N) is 3. The van der Waals surface area contributed by atoms with Crippen molar-refractivity contribution in [1.82, 2.24) is 14.7 Å². The molecule has 1 atom stereocenters. The molecule has 0 aliphatic carbocycles. The van der Waals surface area contributed by atoms with E-state index in [0.717, 1.165) is 0 Å². The summed E-state index contributed by atoms with van der Waals surface area (Å²) in [5, 5.41) is 6.20. The van der Waals surface area contributed by atoms with Crippen molar-refractivity contribution in [3.63, 3.8) is 0 Å². The van der Waals surface area contributed by atoms with E-state index in [4.69, 9.17) is 9.26 Å². The van der Waals surface area contributed by atoms with Gasteiger partial charge in [-0.2, -0.15) is 0 Å². The van der Waals surface area contributed by atoms with Crippen LogP contribution < -0.4 is 5.32 Å². The zero-order valence-electron chi connectivity index (χ0n) is 14.7. The number of benzene rings is 1. The molecule has 1 N–H and O–H groups in total. The van der Waals surface area contributed by atoms with Crippen molar-refractivity contribution in [2.45, 2.75) is 26.4 Å². The molecule has 1 aromatic carbocycles. The average molecular weight is 372 g/mol. The molecule has 0 fully saturated rings. The van der Waals surface area contributed by atoms with E-state index in [1.165, 1.54) is 41.4 Å². The second kappa shape index (κ2) is 7.81. The molecular weight excluding hydrogens is 355 g/mol. The first-order valence-electron chi connectivity index (χ1n) is 8.21. The lowest BCUT2D eigenvalue weighted by Gasteiger charge is -2.15. The first-order chi connectivity index (χ1) is 13.0. The minimum atomic E-state index is -1.02. The fourth-order valence-corrected chi connectivity index (χ4v) is 2.40. The largest absolute Gasteiger partial charge is 0.448 e. The second-order valence-corrected chi connectivity index (χ2v) is 5.74. The van der Waals surface area contributed by atoms with Crippen molar-refractivity contribution in [1.29, 1.82) is 0 Å². The summed E-state index contributed by atoms with van der Waals surface area (Å²) >= 11 is 0. The van der Waals surface area contributed by atoms with Crippen molar-refractivity contribution in [3.05, 3.63) is 60.1 Å². The van der Waals surface area contributed by atoms with Gasteiger partial charge in [0.25, 0.3) is 5.91 Å². The van der Waals surface area contributed by atoms with E-state index in [0.29, 0.717) is 11.4 Å². The molecule has 0 aliphatic rings. The summed E-state index contributed by atoms with van der Waals surface area (Å²) in [5.41, 5.74) is 0.654. The van der Waals surface area contributed by atoms with Crippen LogP contribution in [0.4, 0.5) is 10.2 Å². The topological polar surface area (TPSA) is 99.2 Å². The van der Waals surface area contributed by atoms with Crippen molar-refractivity contribution in [3.8, 4) is 5.69 Å². The molecule has 0 bridgehead atoms. The summed E-state index contributed by atoms with van der Waals surface area (Å²) in [7, 11) is 0. The Bertz CT molecular complexity index is 948. The number of carbonyl (C=O) groups excluding carboxylic acids is 2. The van der Waals surface area contributed by atoms with Crippen molar-refractivity contribution < 1.29 is 23.2 Å². The highest BCUT2D eigenvalue weighted by Crippen LogP contribution is 2.15. The summed E-state index contributed by atoms with van der Waals surface area (Å²) in [6.45, 7) is 3.40. The van der Waals surface area contributed by atoms with Crippen LogP contribution in [0.3, 0.4) is 0 Å². The zero-order chi connectivity index (χ0) is 19.4.